The Labute approximate surface area is 223 Å². The number of hydrazone groups is 1. The Morgan fingerprint density at radius 2 is 1.73 bits per heavy atom. The lowest BCUT2D eigenvalue weighted by Gasteiger charge is -2.07. The van der Waals surface area contributed by atoms with Crippen molar-refractivity contribution >= 4 is 41.4 Å². The molecular formula is C28H24ClN3O4S. The zero-order chi connectivity index (χ0) is 25.9. The van der Waals surface area contributed by atoms with E-state index in [4.69, 9.17) is 20.8 Å². The number of nitrogens with zero attached hydrogens (tertiary/aromatic N) is 1. The molecule has 0 aliphatic rings. The molecule has 0 saturated heterocycles. The van der Waals surface area contributed by atoms with E-state index in [0.29, 0.717) is 28.6 Å². The Morgan fingerprint density at radius 1 is 0.973 bits per heavy atom. The Bertz CT molecular complexity index is 1320. The molecule has 7 nitrogen and oxygen atoms in total. The van der Waals surface area contributed by atoms with Gasteiger partial charge in [0.25, 0.3) is 11.8 Å². The molecule has 9 heteroatoms. The molecule has 1 heterocycles. The summed E-state index contributed by atoms with van der Waals surface area (Å²) in [6, 6.07) is 25.7. The van der Waals surface area contributed by atoms with Crippen molar-refractivity contribution in [3.8, 4) is 5.75 Å². The number of hydrogen-bond donors (Lipinski definition) is 2. The van der Waals surface area contributed by atoms with Crippen LogP contribution in [0, 0.1) is 0 Å². The second-order valence-corrected chi connectivity index (χ2v) is 9.34. The third-order valence-corrected chi connectivity index (χ3v) is 6.44. The Morgan fingerprint density at radius 3 is 2.43 bits per heavy atom. The number of ether oxygens (including phenoxy) is 1. The SMILES string of the molecule is O=C(COc1ccc(/C=N/NC(=O)c2ccc(CSc3ccc(Cl)cc3)cc2)cc1)NCc1ccco1. The van der Waals surface area contributed by atoms with Crippen LogP contribution in [0.4, 0.5) is 0 Å². The Kier molecular flexibility index (Phi) is 9.40. The fraction of sp³-hybridized carbons (Fsp3) is 0.107. The van der Waals surface area contributed by atoms with Crippen LogP contribution < -0.4 is 15.5 Å². The van der Waals surface area contributed by atoms with Crippen LogP contribution in [0.3, 0.4) is 0 Å². The standard InChI is InChI=1S/C28H24ClN3O4S/c29-23-9-13-26(14-10-23)37-19-21-3-7-22(8-4-21)28(34)32-31-16-20-5-11-24(12-6-20)36-18-27(33)30-17-25-2-1-15-35-25/h1-16H,17-19H2,(H,30,33)(H,32,34)/b31-16+. The van der Waals surface area contributed by atoms with Gasteiger partial charge in [-0.1, -0.05) is 23.7 Å². The summed E-state index contributed by atoms with van der Waals surface area (Å²) < 4.78 is 10.7. The topological polar surface area (TPSA) is 92.9 Å². The van der Waals surface area contributed by atoms with Crippen molar-refractivity contribution in [2.24, 2.45) is 5.10 Å². The molecule has 4 aromatic rings. The molecule has 1 aromatic heterocycles. The zero-order valence-electron chi connectivity index (χ0n) is 19.7. The highest BCUT2D eigenvalue weighted by atomic mass is 35.5. The Hall–Kier alpha value is -4.01. The number of carbonyl (C=O) groups excluding carboxylic acids is 2. The van der Waals surface area contributed by atoms with Gasteiger partial charge in [-0.2, -0.15) is 5.10 Å². The monoisotopic (exact) mass is 533 g/mol. The molecule has 0 aliphatic carbocycles. The van der Waals surface area contributed by atoms with E-state index in [1.54, 1.807) is 66.6 Å². The van der Waals surface area contributed by atoms with Crippen LogP contribution in [0.5, 0.6) is 5.75 Å². The van der Waals surface area contributed by atoms with Gasteiger partial charge < -0.3 is 14.5 Å². The van der Waals surface area contributed by atoms with Gasteiger partial charge >= 0.3 is 0 Å². The van der Waals surface area contributed by atoms with Crippen LogP contribution in [0.1, 0.15) is 27.2 Å². The second-order valence-electron chi connectivity index (χ2n) is 7.85. The van der Waals surface area contributed by atoms with Gasteiger partial charge in [0.05, 0.1) is 19.0 Å². The minimum atomic E-state index is -0.298. The molecule has 0 saturated carbocycles. The van der Waals surface area contributed by atoms with E-state index in [2.05, 4.69) is 15.8 Å². The molecule has 188 valence electrons. The first-order valence-corrected chi connectivity index (χ1v) is 12.7. The van der Waals surface area contributed by atoms with Crippen molar-refractivity contribution in [1.82, 2.24) is 10.7 Å². The number of nitrogens with one attached hydrogen (secondary N) is 2. The van der Waals surface area contributed by atoms with E-state index >= 15 is 0 Å². The van der Waals surface area contributed by atoms with Crippen molar-refractivity contribution in [1.29, 1.82) is 0 Å². The molecule has 0 spiro atoms. The van der Waals surface area contributed by atoms with Gasteiger partial charge in [-0.05, 0) is 83.9 Å². The summed E-state index contributed by atoms with van der Waals surface area (Å²) in [6.07, 6.45) is 3.09. The first kappa shape index (κ1) is 26.1. The highest BCUT2D eigenvalue weighted by Gasteiger charge is 2.06. The van der Waals surface area contributed by atoms with Crippen molar-refractivity contribution in [2.75, 3.05) is 6.61 Å². The van der Waals surface area contributed by atoms with Gasteiger partial charge in [0.15, 0.2) is 6.61 Å². The first-order chi connectivity index (χ1) is 18.0. The molecule has 0 unspecified atom stereocenters. The molecule has 0 bridgehead atoms. The minimum Gasteiger partial charge on any atom is -0.484 e. The molecule has 0 fully saturated rings. The lowest BCUT2D eigenvalue weighted by atomic mass is 10.1. The summed E-state index contributed by atoms with van der Waals surface area (Å²) in [5.41, 5.74) is 4.93. The maximum atomic E-state index is 12.4. The van der Waals surface area contributed by atoms with Crippen molar-refractivity contribution in [3.63, 3.8) is 0 Å². The molecule has 0 radical (unpaired) electrons. The second kappa shape index (κ2) is 13.3. The first-order valence-electron chi connectivity index (χ1n) is 11.4. The number of benzene rings is 3. The smallest absolute Gasteiger partial charge is 0.271 e. The lowest BCUT2D eigenvalue weighted by Crippen LogP contribution is -2.28. The zero-order valence-corrected chi connectivity index (χ0v) is 21.3. The summed E-state index contributed by atoms with van der Waals surface area (Å²) in [5.74, 6) is 1.46. The highest BCUT2D eigenvalue weighted by Crippen LogP contribution is 2.24. The number of halogens is 1. The summed E-state index contributed by atoms with van der Waals surface area (Å²) >= 11 is 7.62. The van der Waals surface area contributed by atoms with Crippen molar-refractivity contribution in [2.45, 2.75) is 17.2 Å². The highest BCUT2D eigenvalue weighted by molar-refractivity contribution is 7.98. The van der Waals surface area contributed by atoms with Crippen LogP contribution in [0.25, 0.3) is 0 Å². The predicted molar refractivity (Wildman–Crippen MR) is 145 cm³/mol. The molecule has 0 aliphatic heterocycles. The third-order valence-electron chi connectivity index (χ3n) is 5.10. The normalized spacial score (nSPS) is 10.8. The maximum Gasteiger partial charge on any atom is 0.271 e. The number of rotatable bonds is 11. The molecule has 37 heavy (non-hydrogen) atoms. The number of thioether (sulfide) groups is 1. The molecular weight excluding hydrogens is 510 g/mol. The van der Waals surface area contributed by atoms with E-state index in [9.17, 15) is 9.59 Å². The molecule has 4 rings (SSSR count). The van der Waals surface area contributed by atoms with Crippen LogP contribution >= 0.6 is 23.4 Å². The number of amides is 2. The third kappa shape index (κ3) is 8.56. The fourth-order valence-corrected chi connectivity index (χ4v) is 4.11. The van der Waals surface area contributed by atoms with Crippen molar-refractivity contribution in [3.05, 3.63) is 119 Å². The van der Waals surface area contributed by atoms with Gasteiger partial charge in [-0.15, -0.1) is 11.8 Å². The van der Waals surface area contributed by atoms with Crippen LogP contribution in [-0.2, 0) is 17.1 Å². The van der Waals surface area contributed by atoms with Crippen LogP contribution in [-0.4, -0.2) is 24.6 Å². The minimum absolute atomic E-state index is 0.108. The van der Waals surface area contributed by atoms with E-state index in [1.165, 1.54) is 6.21 Å². The van der Waals surface area contributed by atoms with E-state index in [0.717, 1.165) is 21.8 Å². The van der Waals surface area contributed by atoms with Crippen molar-refractivity contribution < 1.29 is 18.7 Å². The molecule has 3 aromatic carbocycles. The molecule has 0 atom stereocenters. The maximum absolute atomic E-state index is 12.4. The number of carbonyl (C=O) groups is 2. The summed E-state index contributed by atoms with van der Waals surface area (Å²) in [5, 5.41) is 7.45. The van der Waals surface area contributed by atoms with E-state index < -0.39 is 0 Å². The lowest BCUT2D eigenvalue weighted by molar-refractivity contribution is -0.123. The quantitative estimate of drug-likeness (QED) is 0.147. The average Bonchev–Trinajstić information content (AvgIpc) is 3.45. The van der Waals surface area contributed by atoms with Gasteiger partial charge in [-0.25, -0.2) is 5.43 Å². The summed E-state index contributed by atoms with van der Waals surface area (Å²) in [4.78, 5) is 25.4. The van der Waals surface area contributed by atoms with Crippen LogP contribution in [0.2, 0.25) is 5.02 Å². The van der Waals surface area contributed by atoms with Gasteiger partial charge in [-0.3, -0.25) is 9.59 Å². The summed E-state index contributed by atoms with van der Waals surface area (Å²) in [7, 11) is 0. The van der Waals surface area contributed by atoms with E-state index in [-0.39, 0.29) is 18.4 Å². The van der Waals surface area contributed by atoms with Gasteiger partial charge in [0.1, 0.15) is 11.5 Å². The predicted octanol–water partition coefficient (Wildman–Crippen LogP) is 5.68. The average molecular weight is 534 g/mol. The largest absolute Gasteiger partial charge is 0.484 e. The molecule has 2 amide bonds. The van der Waals surface area contributed by atoms with Crippen LogP contribution in [0.15, 0.2) is 106 Å². The number of furan rings is 1. The number of hydrogen-bond acceptors (Lipinski definition) is 6. The van der Waals surface area contributed by atoms with E-state index in [1.807, 2.05) is 36.4 Å². The molecule has 2 N–H and O–H groups in total. The fourth-order valence-electron chi connectivity index (χ4n) is 3.13. The Balaban J connectivity index is 1.18. The summed E-state index contributed by atoms with van der Waals surface area (Å²) in [6.45, 7) is 0.201. The van der Waals surface area contributed by atoms with Gasteiger partial charge in [0.2, 0.25) is 0 Å². The van der Waals surface area contributed by atoms with Gasteiger partial charge in [0, 0.05) is 21.2 Å².